The lowest BCUT2D eigenvalue weighted by molar-refractivity contribution is 0.0350. The van der Waals surface area contributed by atoms with Gasteiger partial charge in [0.25, 0.3) is 0 Å². The summed E-state index contributed by atoms with van der Waals surface area (Å²) in [7, 11) is 6.51. The molecule has 0 radical (unpaired) electrons. The fourth-order valence-corrected chi connectivity index (χ4v) is 7.65. The molecule has 0 amide bonds. The van der Waals surface area contributed by atoms with Gasteiger partial charge in [-0.15, -0.1) is 0 Å². The molecule has 6 aromatic rings. The van der Waals surface area contributed by atoms with Gasteiger partial charge in [0.15, 0.2) is 23.0 Å². The Hall–Kier alpha value is -7.34. The highest BCUT2D eigenvalue weighted by Gasteiger charge is 2.15. The minimum atomic E-state index is 0.370. The summed E-state index contributed by atoms with van der Waals surface area (Å²) in [5.74, 6) is 3.50. The van der Waals surface area contributed by atoms with Crippen LogP contribution in [0.15, 0.2) is 121 Å². The van der Waals surface area contributed by atoms with Crippen LogP contribution in [0.5, 0.6) is 34.5 Å². The van der Waals surface area contributed by atoms with Gasteiger partial charge in [0.1, 0.15) is 13.2 Å². The van der Waals surface area contributed by atoms with E-state index in [9.17, 15) is 0 Å². The number of rotatable bonds is 34. The highest BCUT2D eigenvalue weighted by molar-refractivity contribution is 5.78. The number of unbranched alkanes of at least 4 members (excludes halogenated alkanes) is 2. The van der Waals surface area contributed by atoms with Crippen LogP contribution in [0.4, 0.5) is 0 Å². The molecule has 0 atom stereocenters. The predicted molar refractivity (Wildman–Crippen MR) is 314 cm³/mol. The van der Waals surface area contributed by atoms with Gasteiger partial charge >= 0.3 is 0 Å². The summed E-state index contributed by atoms with van der Waals surface area (Å²) in [5.41, 5.74) is 10.8. The lowest BCUT2D eigenvalue weighted by atomic mass is 10.1. The standard InChI is InChI=1S/C66H76O10/c1-7-9-37-71-39-41-73-43-45-75-65-61(67-3)47-59(48-62(65)68-4)35-33-57-29-25-55(26-30-57)23-21-53-17-13-51(14-18-53)11-12-52-15-19-54(20-16-52)22-24-56-27-31-58(32-28-56)34-36-60-49-63(69-5)66(64(50-60)70-6)76-46-44-74-42-40-72-38-10-8-2/h11-36,47-50H,7-10,37-46H2,1-6H3/b12-11+,23-21+,24-22+,35-33+,36-34+. The van der Waals surface area contributed by atoms with Crippen molar-refractivity contribution in [3.8, 4) is 34.5 Å². The molecule has 0 fully saturated rings. The monoisotopic (exact) mass is 1030 g/mol. The van der Waals surface area contributed by atoms with E-state index in [4.69, 9.17) is 47.4 Å². The lowest BCUT2D eigenvalue weighted by Gasteiger charge is -2.15. The Kier molecular flexibility index (Phi) is 25.6. The van der Waals surface area contributed by atoms with E-state index >= 15 is 0 Å². The van der Waals surface area contributed by atoms with Crippen molar-refractivity contribution >= 4 is 60.8 Å². The van der Waals surface area contributed by atoms with Crippen molar-refractivity contribution in [3.63, 3.8) is 0 Å². The maximum Gasteiger partial charge on any atom is 0.203 e. The van der Waals surface area contributed by atoms with Crippen LogP contribution < -0.4 is 28.4 Å². The molecule has 0 aliphatic rings. The van der Waals surface area contributed by atoms with Gasteiger partial charge in [-0.25, -0.2) is 0 Å². The third kappa shape index (κ3) is 20.1. The van der Waals surface area contributed by atoms with E-state index in [1.165, 1.54) is 0 Å². The molecule has 0 unspecified atom stereocenters. The Bertz CT molecular complexity index is 2510. The van der Waals surface area contributed by atoms with Gasteiger partial charge in [-0.2, -0.15) is 0 Å². The zero-order valence-corrected chi connectivity index (χ0v) is 45.3. The van der Waals surface area contributed by atoms with E-state index in [0.717, 1.165) is 94.5 Å². The predicted octanol–water partition coefficient (Wildman–Crippen LogP) is 15.0. The minimum Gasteiger partial charge on any atom is -0.493 e. The van der Waals surface area contributed by atoms with Crippen molar-refractivity contribution in [2.45, 2.75) is 39.5 Å². The highest BCUT2D eigenvalue weighted by atomic mass is 16.6. The molecule has 0 spiro atoms. The Morgan fingerprint density at radius 3 is 0.671 bits per heavy atom. The van der Waals surface area contributed by atoms with Crippen LogP contribution in [0.3, 0.4) is 0 Å². The molecule has 0 bridgehead atoms. The average Bonchev–Trinajstić information content (AvgIpc) is 3.46. The molecule has 0 aliphatic carbocycles. The second kappa shape index (κ2) is 33.6. The van der Waals surface area contributed by atoms with Crippen molar-refractivity contribution in [2.24, 2.45) is 0 Å². The number of ether oxygens (including phenoxy) is 10. The lowest BCUT2D eigenvalue weighted by Crippen LogP contribution is -2.12. The first-order valence-corrected chi connectivity index (χ1v) is 26.3. The molecule has 10 heteroatoms. The average molecular weight is 1030 g/mol. The molecule has 10 nitrogen and oxygen atoms in total. The number of methoxy groups -OCH3 is 4. The topological polar surface area (TPSA) is 92.3 Å². The summed E-state index contributed by atoms with van der Waals surface area (Å²) < 4.78 is 57.1. The SMILES string of the molecule is CCCCOCCOCCOc1c(OC)cc(/C=C/c2ccc(/C=C/c3ccc(/C=C/c4ccc(/C=C/c5ccc(/C=C/c6cc(OC)c(OCCOCCOCCCC)c(OC)c6)cc5)cc4)cc3)cc2)cc1OC. The van der Waals surface area contributed by atoms with Crippen LogP contribution in [0.2, 0.25) is 0 Å². The van der Waals surface area contributed by atoms with Gasteiger partial charge in [-0.3, -0.25) is 0 Å². The Morgan fingerprint density at radius 1 is 0.263 bits per heavy atom. The van der Waals surface area contributed by atoms with Gasteiger partial charge in [-0.05, 0) is 92.7 Å². The third-order valence-corrected chi connectivity index (χ3v) is 12.0. The van der Waals surface area contributed by atoms with Crippen molar-refractivity contribution in [1.29, 1.82) is 0 Å². The first-order chi connectivity index (χ1) is 37.4. The second-order valence-corrected chi connectivity index (χ2v) is 17.7. The first-order valence-electron chi connectivity index (χ1n) is 26.3. The van der Waals surface area contributed by atoms with Gasteiger partial charge < -0.3 is 47.4 Å². The van der Waals surface area contributed by atoms with Gasteiger partial charge in [0.2, 0.25) is 11.5 Å². The van der Waals surface area contributed by atoms with Crippen molar-refractivity contribution in [1.82, 2.24) is 0 Å². The fraction of sp³-hybridized carbons (Fsp3) is 0.303. The van der Waals surface area contributed by atoms with Gasteiger partial charge in [0.05, 0.1) is 68.1 Å². The quantitative estimate of drug-likeness (QED) is 0.0287. The Labute approximate surface area is 451 Å². The third-order valence-electron chi connectivity index (χ3n) is 12.0. The zero-order valence-electron chi connectivity index (χ0n) is 45.3. The van der Waals surface area contributed by atoms with Crippen molar-refractivity contribution in [2.75, 3.05) is 94.5 Å². The molecule has 0 saturated heterocycles. The smallest absolute Gasteiger partial charge is 0.203 e. The largest absolute Gasteiger partial charge is 0.493 e. The summed E-state index contributed by atoms with van der Waals surface area (Å²) in [6.07, 6.45) is 25.4. The van der Waals surface area contributed by atoms with Crippen molar-refractivity contribution < 1.29 is 47.4 Å². The molecule has 400 valence electrons. The van der Waals surface area contributed by atoms with Crippen LogP contribution in [-0.2, 0) is 18.9 Å². The number of benzene rings is 6. The molecule has 0 aromatic heterocycles. The minimum absolute atomic E-state index is 0.370. The molecule has 0 heterocycles. The van der Waals surface area contributed by atoms with Crippen LogP contribution in [0, 0.1) is 0 Å². The number of hydrogen-bond donors (Lipinski definition) is 0. The highest BCUT2D eigenvalue weighted by Crippen LogP contribution is 2.40. The molecule has 0 aliphatic heterocycles. The van der Waals surface area contributed by atoms with E-state index in [0.29, 0.717) is 87.4 Å². The number of hydrogen-bond acceptors (Lipinski definition) is 10. The van der Waals surface area contributed by atoms with E-state index in [1.807, 2.05) is 36.4 Å². The van der Waals surface area contributed by atoms with Crippen LogP contribution in [0.25, 0.3) is 60.8 Å². The fourth-order valence-electron chi connectivity index (χ4n) is 7.65. The summed E-state index contributed by atoms with van der Waals surface area (Å²) in [4.78, 5) is 0. The van der Waals surface area contributed by atoms with E-state index in [1.54, 1.807) is 28.4 Å². The first kappa shape index (κ1) is 57.9. The van der Waals surface area contributed by atoms with Crippen LogP contribution in [0.1, 0.15) is 95.2 Å². The summed E-state index contributed by atoms with van der Waals surface area (Å²) >= 11 is 0. The molecular weight excluding hydrogens is 953 g/mol. The maximum atomic E-state index is 6.01. The van der Waals surface area contributed by atoms with Crippen LogP contribution >= 0.6 is 0 Å². The van der Waals surface area contributed by atoms with Crippen molar-refractivity contribution in [3.05, 3.63) is 177 Å². The molecule has 6 aromatic carbocycles. The van der Waals surface area contributed by atoms with Gasteiger partial charge in [0, 0.05) is 13.2 Å². The molecule has 0 N–H and O–H groups in total. The zero-order chi connectivity index (χ0) is 53.4. The van der Waals surface area contributed by atoms with Crippen LogP contribution in [-0.4, -0.2) is 94.5 Å². The van der Waals surface area contributed by atoms with E-state index in [2.05, 4.69) is 160 Å². The second-order valence-electron chi connectivity index (χ2n) is 17.7. The maximum absolute atomic E-state index is 6.01. The normalized spacial score (nSPS) is 11.7. The summed E-state index contributed by atoms with van der Waals surface area (Å²) in [6.45, 7) is 9.68. The Balaban J connectivity index is 0.929. The summed E-state index contributed by atoms with van der Waals surface area (Å²) in [6, 6.07) is 41.8. The molecular formula is C66H76O10. The molecule has 76 heavy (non-hydrogen) atoms. The summed E-state index contributed by atoms with van der Waals surface area (Å²) in [5, 5.41) is 0. The van der Waals surface area contributed by atoms with E-state index < -0.39 is 0 Å². The van der Waals surface area contributed by atoms with Gasteiger partial charge in [-0.1, -0.05) is 185 Å². The van der Waals surface area contributed by atoms with E-state index in [-0.39, 0.29) is 0 Å². The molecule has 6 rings (SSSR count). The Morgan fingerprint density at radius 2 is 0.461 bits per heavy atom. The molecule has 0 saturated carbocycles.